The summed E-state index contributed by atoms with van der Waals surface area (Å²) in [6.07, 6.45) is 5.14. The number of nitrogens with zero attached hydrogens (tertiary/aromatic N) is 1. The topological polar surface area (TPSA) is 60.5 Å². The van der Waals surface area contributed by atoms with Crippen LogP contribution in [0.5, 0.6) is 17.4 Å². The van der Waals surface area contributed by atoms with Crippen LogP contribution in [0.15, 0.2) is 42.6 Å². The monoisotopic (exact) mass is 360 g/mol. The Hall–Kier alpha value is -2.21. The van der Waals surface area contributed by atoms with Crippen LogP contribution < -0.4 is 14.8 Å². The predicted molar refractivity (Wildman–Crippen MR) is 101 cm³/mol. The Labute approximate surface area is 153 Å². The molecule has 1 heterocycles. The lowest BCUT2D eigenvalue weighted by Crippen LogP contribution is -2.23. The lowest BCUT2D eigenvalue weighted by Gasteiger charge is -2.11. The normalized spacial score (nSPS) is 10.3. The minimum absolute atomic E-state index is 0.0292. The quantitative estimate of drug-likeness (QED) is 0.693. The molecule has 0 radical (unpaired) electrons. The maximum atomic E-state index is 11.8. The summed E-state index contributed by atoms with van der Waals surface area (Å²) >= 11 is 1.65. The van der Waals surface area contributed by atoms with Gasteiger partial charge in [0.1, 0.15) is 11.5 Å². The van der Waals surface area contributed by atoms with Gasteiger partial charge in [-0.2, -0.15) is 11.8 Å². The molecule has 1 aromatic heterocycles. The van der Waals surface area contributed by atoms with Crippen molar-refractivity contribution < 1.29 is 14.3 Å². The Morgan fingerprint density at radius 1 is 1.20 bits per heavy atom. The van der Waals surface area contributed by atoms with Crippen molar-refractivity contribution in [3.63, 3.8) is 0 Å². The SMILES string of the molecule is CCCOc1ccc(Oc2ncccc2CNC(=O)CCSC)cc1. The number of aromatic nitrogens is 1. The Morgan fingerprint density at radius 3 is 2.68 bits per heavy atom. The van der Waals surface area contributed by atoms with E-state index >= 15 is 0 Å². The van der Waals surface area contributed by atoms with Gasteiger partial charge < -0.3 is 14.8 Å². The first-order chi connectivity index (χ1) is 12.2. The number of thioether (sulfide) groups is 1. The molecule has 0 fully saturated rings. The van der Waals surface area contributed by atoms with Crippen molar-refractivity contribution in [2.24, 2.45) is 0 Å². The number of nitrogens with one attached hydrogen (secondary N) is 1. The maximum absolute atomic E-state index is 11.8. The highest BCUT2D eigenvalue weighted by atomic mass is 32.2. The molecular formula is C19H24N2O3S. The average Bonchev–Trinajstić information content (AvgIpc) is 2.65. The molecule has 25 heavy (non-hydrogen) atoms. The summed E-state index contributed by atoms with van der Waals surface area (Å²) in [4.78, 5) is 16.0. The molecule has 2 aromatic rings. The molecular weight excluding hydrogens is 336 g/mol. The fourth-order valence-corrected chi connectivity index (χ4v) is 2.45. The van der Waals surface area contributed by atoms with Crippen molar-refractivity contribution in [2.75, 3.05) is 18.6 Å². The number of benzene rings is 1. The van der Waals surface area contributed by atoms with Gasteiger partial charge in [-0.15, -0.1) is 0 Å². The standard InChI is InChI=1S/C19H24N2O3S/c1-3-12-23-16-6-8-17(9-7-16)24-19-15(5-4-11-20-19)14-21-18(22)10-13-25-2/h4-9,11H,3,10,12-14H2,1-2H3,(H,21,22). The zero-order chi connectivity index (χ0) is 17.9. The van der Waals surface area contributed by atoms with Crippen LogP contribution in [0.25, 0.3) is 0 Å². The summed E-state index contributed by atoms with van der Waals surface area (Å²) in [6.45, 7) is 3.16. The number of hydrogen-bond donors (Lipinski definition) is 1. The zero-order valence-corrected chi connectivity index (χ0v) is 15.5. The van der Waals surface area contributed by atoms with Crippen LogP contribution in [0.3, 0.4) is 0 Å². The van der Waals surface area contributed by atoms with Crippen molar-refractivity contribution in [3.05, 3.63) is 48.2 Å². The van der Waals surface area contributed by atoms with Crippen LogP contribution in [-0.4, -0.2) is 29.5 Å². The van der Waals surface area contributed by atoms with Gasteiger partial charge in [-0.3, -0.25) is 4.79 Å². The van der Waals surface area contributed by atoms with Gasteiger partial charge in [0.25, 0.3) is 0 Å². The number of ether oxygens (including phenoxy) is 2. The van der Waals surface area contributed by atoms with E-state index in [1.165, 1.54) is 0 Å². The Bertz CT molecular complexity index is 662. The molecule has 1 amide bonds. The van der Waals surface area contributed by atoms with E-state index in [2.05, 4.69) is 17.2 Å². The first kappa shape index (κ1) is 19.1. The summed E-state index contributed by atoms with van der Waals surface area (Å²) in [5.74, 6) is 2.83. The molecule has 0 atom stereocenters. The van der Waals surface area contributed by atoms with E-state index in [0.717, 1.165) is 23.5 Å². The van der Waals surface area contributed by atoms with Crippen molar-refractivity contribution in [2.45, 2.75) is 26.3 Å². The number of carbonyl (C=O) groups excluding carboxylic acids is 1. The van der Waals surface area contributed by atoms with Gasteiger partial charge in [-0.25, -0.2) is 4.98 Å². The second kappa shape index (κ2) is 10.6. The Kier molecular flexibility index (Phi) is 8.12. The van der Waals surface area contributed by atoms with Crippen molar-refractivity contribution in [3.8, 4) is 17.4 Å². The summed E-state index contributed by atoms with van der Waals surface area (Å²) in [5, 5.41) is 2.90. The van der Waals surface area contributed by atoms with Crippen LogP contribution in [0.2, 0.25) is 0 Å². The lowest BCUT2D eigenvalue weighted by molar-refractivity contribution is -0.120. The van der Waals surface area contributed by atoms with E-state index in [1.54, 1.807) is 18.0 Å². The predicted octanol–water partition coefficient (Wildman–Crippen LogP) is 4.03. The molecule has 0 saturated heterocycles. The molecule has 6 heteroatoms. The molecule has 0 aliphatic rings. The van der Waals surface area contributed by atoms with Gasteiger partial charge in [0.05, 0.1) is 6.61 Å². The lowest BCUT2D eigenvalue weighted by atomic mass is 10.2. The Balaban J connectivity index is 1.96. The zero-order valence-electron chi connectivity index (χ0n) is 14.7. The van der Waals surface area contributed by atoms with Crippen LogP contribution in [0, 0.1) is 0 Å². The molecule has 2 rings (SSSR count). The molecule has 0 saturated carbocycles. The number of carbonyl (C=O) groups is 1. The molecule has 0 unspecified atom stereocenters. The molecule has 0 spiro atoms. The van der Waals surface area contributed by atoms with Crippen LogP contribution in [0.4, 0.5) is 0 Å². The average molecular weight is 360 g/mol. The summed E-state index contributed by atoms with van der Waals surface area (Å²) in [7, 11) is 0. The van der Waals surface area contributed by atoms with Crippen LogP contribution in [0.1, 0.15) is 25.3 Å². The second-order valence-electron chi connectivity index (χ2n) is 5.41. The first-order valence-corrected chi connectivity index (χ1v) is 9.72. The van der Waals surface area contributed by atoms with Gasteiger partial charge >= 0.3 is 0 Å². The van der Waals surface area contributed by atoms with E-state index in [9.17, 15) is 4.79 Å². The Morgan fingerprint density at radius 2 is 1.96 bits per heavy atom. The fourth-order valence-electron chi connectivity index (χ4n) is 2.06. The molecule has 0 aliphatic carbocycles. The molecule has 0 aliphatic heterocycles. The highest BCUT2D eigenvalue weighted by molar-refractivity contribution is 7.98. The van der Waals surface area contributed by atoms with E-state index in [4.69, 9.17) is 9.47 Å². The highest BCUT2D eigenvalue weighted by Crippen LogP contribution is 2.25. The summed E-state index contributed by atoms with van der Waals surface area (Å²) in [5.41, 5.74) is 0.839. The third-order valence-corrected chi connectivity index (χ3v) is 3.98. The molecule has 5 nitrogen and oxygen atoms in total. The number of pyridine rings is 1. The van der Waals surface area contributed by atoms with Gasteiger partial charge in [0, 0.05) is 30.5 Å². The highest BCUT2D eigenvalue weighted by Gasteiger charge is 2.08. The van der Waals surface area contributed by atoms with Gasteiger partial charge in [-0.1, -0.05) is 13.0 Å². The third-order valence-electron chi connectivity index (χ3n) is 3.37. The molecule has 0 bridgehead atoms. The third kappa shape index (κ3) is 6.66. The van der Waals surface area contributed by atoms with Crippen LogP contribution >= 0.6 is 11.8 Å². The van der Waals surface area contributed by atoms with Gasteiger partial charge in [-0.05, 0) is 43.0 Å². The number of amides is 1. The van der Waals surface area contributed by atoms with E-state index in [1.807, 2.05) is 42.7 Å². The molecule has 134 valence electrons. The van der Waals surface area contributed by atoms with E-state index in [0.29, 0.717) is 31.2 Å². The largest absolute Gasteiger partial charge is 0.494 e. The van der Waals surface area contributed by atoms with Gasteiger partial charge in [0.15, 0.2) is 0 Å². The number of hydrogen-bond acceptors (Lipinski definition) is 5. The first-order valence-electron chi connectivity index (χ1n) is 8.33. The minimum Gasteiger partial charge on any atom is -0.494 e. The summed E-state index contributed by atoms with van der Waals surface area (Å²) in [6, 6.07) is 11.2. The fraction of sp³-hybridized carbons (Fsp3) is 0.368. The van der Waals surface area contributed by atoms with E-state index < -0.39 is 0 Å². The molecule has 1 aromatic carbocycles. The van der Waals surface area contributed by atoms with E-state index in [-0.39, 0.29) is 5.91 Å². The number of rotatable bonds is 10. The summed E-state index contributed by atoms with van der Waals surface area (Å²) < 4.78 is 11.4. The second-order valence-corrected chi connectivity index (χ2v) is 6.39. The van der Waals surface area contributed by atoms with Gasteiger partial charge in [0.2, 0.25) is 11.8 Å². The van der Waals surface area contributed by atoms with Crippen molar-refractivity contribution in [1.82, 2.24) is 10.3 Å². The minimum atomic E-state index is 0.0292. The maximum Gasteiger partial charge on any atom is 0.224 e. The van der Waals surface area contributed by atoms with Crippen LogP contribution in [-0.2, 0) is 11.3 Å². The van der Waals surface area contributed by atoms with Crippen molar-refractivity contribution in [1.29, 1.82) is 0 Å². The molecule has 1 N–H and O–H groups in total. The smallest absolute Gasteiger partial charge is 0.224 e. The van der Waals surface area contributed by atoms with Crippen molar-refractivity contribution >= 4 is 17.7 Å².